The third-order valence-electron chi connectivity index (χ3n) is 5.27. The summed E-state index contributed by atoms with van der Waals surface area (Å²) in [6, 6.07) is 13.1. The predicted octanol–water partition coefficient (Wildman–Crippen LogP) is 1.70. The highest BCUT2D eigenvalue weighted by molar-refractivity contribution is 7.89. The molecule has 0 N–H and O–H groups in total. The van der Waals surface area contributed by atoms with Crippen LogP contribution in [0.4, 0.5) is 0 Å². The van der Waals surface area contributed by atoms with Gasteiger partial charge in [0.05, 0.1) is 23.0 Å². The van der Waals surface area contributed by atoms with Crippen molar-refractivity contribution >= 4 is 20.0 Å². The van der Waals surface area contributed by atoms with E-state index < -0.39 is 32.5 Å². The van der Waals surface area contributed by atoms with Crippen molar-refractivity contribution in [1.82, 2.24) is 8.61 Å². The van der Waals surface area contributed by atoms with Crippen molar-refractivity contribution < 1.29 is 26.3 Å². The van der Waals surface area contributed by atoms with E-state index in [0.29, 0.717) is 0 Å². The monoisotopic (exact) mass is 452 g/mol. The van der Waals surface area contributed by atoms with Crippen LogP contribution in [0.1, 0.15) is 11.1 Å². The lowest BCUT2D eigenvalue weighted by molar-refractivity contribution is -0.225. The van der Waals surface area contributed by atoms with Gasteiger partial charge >= 0.3 is 0 Å². The maximum Gasteiger partial charge on any atom is 0.245 e. The van der Waals surface area contributed by atoms with Crippen LogP contribution in [0, 0.1) is 13.8 Å². The molecule has 8 nitrogen and oxygen atoms in total. The van der Waals surface area contributed by atoms with Gasteiger partial charge in [-0.25, -0.2) is 16.8 Å². The van der Waals surface area contributed by atoms with E-state index in [9.17, 15) is 16.8 Å². The van der Waals surface area contributed by atoms with Gasteiger partial charge in [0.25, 0.3) is 0 Å². The molecule has 2 aromatic carbocycles. The van der Waals surface area contributed by atoms with Gasteiger partial charge in [0, 0.05) is 13.1 Å². The van der Waals surface area contributed by atoms with Crippen LogP contribution in [0.2, 0.25) is 0 Å². The molecule has 2 aliphatic heterocycles. The van der Waals surface area contributed by atoms with Crippen LogP contribution in [0.3, 0.4) is 0 Å². The Morgan fingerprint density at radius 1 is 0.667 bits per heavy atom. The lowest BCUT2D eigenvalue weighted by Crippen LogP contribution is -2.65. The molecule has 162 valence electrons. The average molecular weight is 453 g/mol. The van der Waals surface area contributed by atoms with Crippen LogP contribution >= 0.6 is 0 Å². The summed E-state index contributed by atoms with van der Waals surface area (Å²) in [6.45, 7) is 4.04. The third kappa shape index (κ3) is 3.79. The van der Waals surface area contributed by atoms with Gasteiger partial charge in [0.2, 0.25) is 20.0 Å². The normalized spacial score (nSPS) is 23.8. The second kappa shape index (κ2) is 8.03. The van der Waals surface area contributed by atoms with E-state index >= 15 is 0 Å². The van der Waals surface area contributed by atoms with Crippen LogP contribution in [-0.4, -0.2) is 64.2 Å². The Balaban J connectivity index is 1.67. The highest BCUT2D eigenvalue weighted by Crippen LogP contribution is 2.32. The fourth-order valence-electron chi connectivity index (χ4n) is 3.61. The number of hydrogen-bond donors (Lipinski definition) is 0. The van der Waals surface area contributed by atoms with Crippen molar-refractivity contribution in [3.63, 3.8) is 0 Å². The van der Waals surface area contributed by atoms with E-state index in [2.05, 4.69) is 0 Å². The number of nitrogens with zero attached hydrogens (tertiary/aromatic N) is 2. The minimum atomic E-state index is -3.88. The number of fused-ring (bicyclic) bond motifs is 1. The lowest BCUT2D eigenvalue weighted by atomic mass is 10.2. The number of hydrogen-bond acceptors (Lipinski definition) is 6. The van der Waals surface area contributed by atoms with Gasteiger partial charge in [0.15, 0.2) is 12.5 Å². The number of piperazine rings is 1. The summed E-state index contributed by atoms with van der Waals surface area (Å²) in [4.78, 5) is 0.270. The van der Waals surface area contributed by atoms with Crippen LogP contribution in [-0.2, 0) is 29.5 Å². The molecule has 2 atom stereocenters. The van der Waals surface area contributed by atoms with Gasteiger partial charge in [-0.05, 0) is 38.1 Å². The molecule has 10 heteroatoms. The van der Waals surface area contributed by atoms with E-state index in [4.69, 9.17) is 9.47 Å². The van der Waals surface area contributed by atoms with Crippen LogP contribution in [0.25, 0.3) is 0 Å². The Morgan fingerprint density at radius 3 is 1.33 bits per heavy atom. The molecule has 2 aromatic rings. The topological polar surface area (TPSA) is 93.2 Å². The number of benzene rings is 2. The SMILES string of the molecule is Cc1ccc(S(=O)(=O)N2CCN(S(=O)(=O)c3ccc(C)cc3)[C@H]3OCCO[C@@H]32)cc1. The molecule has 0 aliphatic carbocycles. The molecule has 4 rings (SSSR count). The van der Waals surface area contributed by atoms with Gasteiger partial charge < -0.3 is 9.47 Å². The van der Waals surface area contributed by atoms with E-state index in [-0.39, 0.29) is 36.1 Å². The lowest BCUT2D eigenvalue weighted by Gasteiger charge is -2.46. The molecule has 0 unspecified atom stereocenters. The van der Waals surface area contributed by atoms with Gasteiger partial charge in [-0.15, -0.1) is 0 Å². The summed E-state index contributed by atoms with van der Waals surface area (Å²) in [5.41, 5.74) is 1.89. The standard InChI is InChI=1S/C20H24N2O6S2/c1-15-3-7-17(8-4-15)29(23,24)21-11-12-22(20-19(21)27-13-14-28-20)30(25,26)18-9-5-16(2)6-10-18/h3-10,19-20H,11-14H2,1-2H3/t19-,20-/m0/s1. The molecule has 0 aromatic heterocycles. The summed E-state index contributed by atoms with van der Waals surface area (Å²) < 4.78 is 66.8. The summed E-state index contributed by atoms with van der Waals surface area (Å²) in [7, 11) is -7.76. The van der Waals surface area contributed by atoms with E-state index in [0.717, 1.165) is 11.1 Å². The largest absolute Gasteiger partial charge is 0.355 e. The zero-order valence-electron chi connectivity index (χ0n) is 16.8. The Labute approximate surface area is 177 Å². The smallest absolute Gasteiger partial charge is 0.245 e. The Kier molecular flexibility index (Phi) is 5.73. The molecule has 0 spiro atoms. The quantitative estimate of drug-likeness (QED) is 0.701. The van der Waals surface area contributed by atoms with Crippen molar-refractivity contribution in [2.75, 3.05) is 26.3 Å². The maximum absolute atomic E-state index is 13.2. The first-order chi connectivity index (χ1) is 14.2. The fraction of sp³-hybridized carbons (Fsp3) is 0.400. The van der Waals surface area contributed by atoms with Gasteiger partial charge in [-0.3, -0.25) is 0 Å². The Bertz CT molecular complexity index is 1020. The number of rotatable bonds is 4. The number of ether oxygens (including phenoxy) is 2. The minimum absolute atomic E-state index is 0.0359. The molecule has 2 fully saturated rings. The van der Waals surface area contributed by atoms with E-state index in [1.165, 1.54) is 8.61 Å². The molecular weight excluding hydrogens is 428 g/mol. The first-order valence-corrected chi connectivity index (χ1v) is 12.5. The highest BCUT2D eigenvalue weighted by Gasteiger charge is 2.49. The van der Waals surface area contributed by atoms with Crippen molar-refractivity contribution in [3.05, 3.63) is 59.7 Å². The third-order valence-corrected chi connectivity index (χ3v) is 9.02. The number of sulfonamides is 2. The van der Waals surface area contributed by atoms with Crippen LogP contribution in [0.15, 0.2) is 58.3 Å². The highest BCUT2D eigenvalue weighted by atomic mass is 32.2. The van der Waals surface area contributed by atoms with E-state index in [1.807, 2.05) is 13.8 Å². The fourth-order valence-corrected chi connectivity index (χ4v) is 6.63. The van der Waals surface area contributed by atoms with Crippen LogP contribution < -0.4 is 0 Å². The van der Waals surface area contributed by atoms with E-state index in [1.54, 1.807) is 48.5 Å². The summed E-state index contributed by atoms with van der Waals surface area (Å²) in [5.74, 6) is 0. The van der Waals surface area contributed by atoms with Gasteiger partial charge in [-0.1, -0.05) is 35.4 Å². The van der Waals surface area contributed by atoms with Gasteiger partial charge in [-0.2, -0.15) is 8.61 Å². The summed E-state index contributed by atoms with van der Waals surface area (Å²) >= 11 is 0. The minimum Gasteiger partial charge on any atom is -0.355 e. The van der Waals surface area contributed by atoms with Crippen molar-refractivity contribution in [1.29, 1.82) is 0 Å². The molecule has 2 saturated heterocycles. The molecule has 30 heavy (non-hydrogen) atoms. The van der Waals surface area contributed by atoms with Crippen molar-refractivity contribution in [3.8, 4) is 0 Å². The Hall–Kier alpha value is -1.82. The van der Waals surface area contributed by atoms with Crippen molar-refractivity contribution in [2.45, 2.75) is 36.1 Å². The molecular formula is C20H24N2O6S2. The Morgan fingerprint density at radius 2 is 1.00 bits per heavy atom. The molecule has 2 aliphatic rings. The van der Waals surface area contributed by atoms with Crippen molar-refractivity contribution in [2.24, 2.45) is 0 Å². The first-order valence-electron chi connectivity index (χ1n) is 9.61. The zero-order chi connectivity index (χ0) is 21.5. The number of aryl methyl sites for hydroxylation is 2. The molecule has 0 bridgehead atoms. The van der Waals surface area contributed by atoms with Crippen LogP contribution in [0.5, 0.6) is 0 Å². The first kappa shape index (κ1) is 21.4. The van der Waals surface area contributed by atoms with Gasteiger partial charge in [0.1, 0.15) is 0 Å². The molecule has 2 heterocycles. The second-order valence-corrected chi connectivity index (χ2v) is 11.2. The molecule has 0 amide bonds. The second-order valence-electron chi connectivity index (χ2n) is 7.38. The summed E-state index contributed by atoms with van der Waals surface area (Å²) in [6.07, 6.45) is -2.11. The molecule has 0 saturated carbocycles. The molecule has 0 radical (unpaired) electrons. The summed E-state index contributed by atoms with van der Waals surface area (Å²) in [5, 5.41) is 0. The predicted molar refractivity (Wildman–Crippen MR) is 110 cm³/mol. The zero-order valence-corrected chi connectivity index (χ0v) is 18.4. The maximum atomic E-state index is 13.2. The average Bonchev–Trinajstić information content (AvgIpc) is 2.73.